The number of rotatable bonds is 10. The first-order chi connectivity index (χ1) is 42.9. The van der Waals surface area contributed by atoms with Crippen molar-refractivity contribution >= 4 is 20.9 Å². The predicted octanol–water partition coefficient (Wildman–Crippen LogP) is -12.7. The van der Waals surface area contributed by atoms with Gasteiger partial charge in [0.15, 0.2) is 50.1 Å². The number of aliphatic hydroxyl groups is 20. The maximum absolute atomic E-state index is 14.3. The Bertz CT molecular complexity index is 2730. The molecule has 15 aliphatic rings. The van der Waals surface area contributed by atoms with E-state index in [1.807, 2.05) is 0 Å². The molecule has 35 atom stereocenters. The minimum Gasteiger partial charge on any atom is -0.394 e. The van der Waals surface area contributed by atoms with Gasteiger partial charge in [-0.2, -0.15) is 8.42 Å². The Hall–Kier alpha value is -2.75. The minimum atomic E-state index is -5.10. The molecule has 15 fully saturated rings. The van der Waals surface area contributed by atoms with Crippen LogP contribution in [0.15, 0.2) is 47.4 Å². The molecule has 15 saturated heterocycles. The molecule has 0 radical (unpaired) electrons. The second kappa shape index (κ2) is 29.3. The minimum absolute atomic E-state index is 0.397. The summed E-state index contributed by atoms with van der Waals surface area (Å²) in [4.78, 5) is -0.510. The third-order valence-electron chi connectivity index (χ3n) is 17.0. The lowest BCUT2D eigenvalue weighted by Gasteiger charge is -2.50. The molecule has 512 valence electrons. The van der Waals surface area contributed by atoms with E-state index in [1.165, 1.54) is 12.1 Å². The van der Waals surface area contributed by atoms with Crippen molar-refractivity contribution in [1.82, 2.24) is 0 Å². The normalized spacial score (nSPS) is 49.3. The Balaban J connectivity index is 0.976. The summed E-state index contributed by atoms with van der Waals surface area (Å²) in [6.45, 7) is -7.78. The Morgan fingerprint density at radius 2 is 0.522 bits per heavy atom. The number of aliphatic hydroxyl groups excluding tert-OH is 20. The van der Waals surface area contributed by atoms with Crippen LogP contribution >= 0.6 is 0 Å². The molecule has 0 amide bonds. The van der Waals surface area contributed by atoms with Crippen LogP contribution in [0.5, 0.6) is 0 Å². The van der Waals surface area contributed by atoms with Crippen molar-refractivity contribution < 1.29 is 181 Å². The third kappa shape index (κ3) is 13.7. The van der Waals surface area contributed by atoms with Crippen molar-refractivity contribution in [2.24, 2.45) is 0 Å². The number of benzene rings is 2. The molecule has 37 nitrogen and oxygen atoms in total. The van der Waals surface area contributed by atoms with E-state index in [0.717, 1.165) is 6.07 Å². The Morgan fingerprint density at radius 1 is 0.289 bits per heavy atom. The van der Waals surface area contributed by atoms with Crippen molar-refractivity contribution in [3.63, 3.8) is 0 Å². The zero-order valence-corrected chi connectivity index (χ0v) is 47.8. The summed E-state index contributed by atoms with van der Waals surface area (Å²) in [7, 11) is -5.10. The monoisotopic (exact) mass is 1320 g/mol. The number of hydrogen-bond acceptors (Lipinski definition) is 37. The van der Waals surface area contributed by atoms with Gasteiger partial charge < -0.3 is 168 Å². The molecule has 2 aromatic carbocycles. The molecular weight excluding hydrogens is 1250 g/mol. The molecule has 0 aromatic heterocycles. The molecule has 14 bridgehead atoms. The van der Waals surface area contributed by atoms with Gasteiger partial charge in [0.1, 0.15) is 165 Å². The molecule has 0 aliphatic carbocycles. The molecule has 0 saturated carbocycles. The summed E-state index contributed by atoms with van der Waals surface area (Å²) in [5, 5.41) is 225. The van der Waals surface area contributed by atoms with Crippen LogP contribution in [0.4, 0.5) is 0 Å². The van der Waals surface area contributed by atoms with Gasteiger partial charge in [-0.05, 0) is 22.9 Å². The second-order valence-electron chi connectivity index (χ2n) is 22.7. The topological polar surface area (TPSA) is 577 Å². The van der Waals surface area contributed by atoms with Gasteiger partial charge in [-0.1, -0.05) is 30.3 Å². The zero-order chi connectivity index (χ0) is 64.9. The van der Waals surface area contributed by atoms with Gasteiger partial charge in [-0.15, -0.1) is 0 Å². The predicted molar refractivity (Wildman–Crippen MR) is 278 cm³/mol. The molecular formula is C52H76O37S. The molecule has 38 heteroatoms. The fourth-order valence-electron chi connectivity index (χ4n) is 12.0. The van der Waals surface area contributed by atoms with Crippen LogP contribution in [0.2, 0.25) is 0 Å². The number of ether oxygens (including phenoxy) is 14. The van der Waals surface area contributed by atoms with E-state index in [9.17, 15) is 111 Å². The maximum atomic E-state index is 14.3. The van der Waals surface area contributed by atoms with Crippen LogP contribution in [-0.2, 0) is 80.6 Å². The maximum Gasteiger partial charge on any atom is 0.297 e. The first kappa shape index (κ1) is 70.1. The van der Waals surface area contributed by atoms with E-state index in [0.29, 0.717) is 10.8 Å². The SMILES string of the molecule is O=S(=O)(O[C@@H]1[C@H]2O[C@H]3[C@H](O)[C@@H](O)[C@@H](O[C@H]4[C@H](O)[C@@H](O)[C@@H](O[C@H]5[C@H](O)[C@@H](O)[C@@H](O[C@H]6[C@H](O)[C@@H](O)[C@@H](O[C@H]7[C@H](O)[C@@H](O)[C@@H](O[C@H]8[C@@H](O)[C@H](O)[C@@H](O[C@@H]([C@H]1O)[C@@H](CO)O2)O[C@@H]8CO)O[C@@H]7CO)O[C@@H]6CO)O[C@@H]5CO)O[C@@H]4CO)O[C@@H]3CO)c1ccc2ccccc2c1. The van der Waals surface area contributed by atoms with Crippen molar-refractivity contribution in [3.8, 4) is 0 Å². The largest absolute Gasteiger partial charge is 0.394 e. The van der Waals surface area contributed by atoms with Crippen LogP contribution in [0.3, 0.4) is 0 Å². The Morgan fingerprint density at radius 3 is 0.789 bits per heavy atom. The highest BCUT2D eigenvalue weighted by Crippen LogP contribution is 2.40. The fourth-order valence-corrected chi connectivity index (χ4v) is 13.1. The number of hydrogen-bond donors (Lipinski definition) is 20. The lowest BCUT2D eigenvalue weighted by Crippen LogP contribution is -2.68. The van der Waals surface area contributed by atoms with Crippen LogP contribution in [0.25, 0.3) is 10.8 Å². The first-order valence-corrected chi connectivity index (χ1v) is 30.0. The summed E-state index contributed by atoms with van der Waals surface area (Å²) in [5.74, 6) is 0. The quantitative estimate of drug-likeness (QED) is 0.0982. The smallest absolute Gasteiger partial charge is 0.297 e. The molecule has 0 unspecified atom stereocenters. The average molecular weight is 1330 g/mol. The van der Waals surface area contributed by atoms with Gasteiger partial charge in [0.2, 0.25) is 0 Å². The van der Waals surface area contributed by atoms with Crippen molar-refractivity contribution in [1.29, 1.82) is 0 Å². The van der Waals surface area contributed by atoms with E-state index in [1.54, 1.807) is 24.3 Å². The summed E-state index contributed by atoms with van der Waals surface area (Å²) in [5.41, 5.74) is 0. The Labute approximate surface area is 509 Å². The van der Waals surface area contributed by atoms with Gasteiger partial charge in [-0.3, -0.25) is 4.18 Å². The van der Waals surface area contributed by atoms with E-state index in [-0.39, 0.29) is 0 Å². The van der Waals surface area contributed by atoms with Crippen LogP contribution < -0.4 is 0 Å². The van der Waals surface area contributed by atoms with E-state index < -0.39 is 276 Å². The molecule has 20 N–H and O–H groups in total. The molecule has 15 aliphatic heterocycles. The van der Waals surface area contributed by atoms with Gasteiger partial charge in [0.25, 0.3) is 10.1 Å². The standard InChI is InChI=1S/C52H76O37S/c53-8-18-38-25(60)31(66)47(75-18)83-40-20(10-55)77-49(33(68)27(40)62)85-42-22(12-57)79-51(35(70)29(42)64)87-44-24(14-59)81-52(45(37(44)72)89-90(73,74)17-6-5-15-3-1-2-4-16(15)7-17)88-43-23(13-58)80-50(36(71)30(43)65)86-41-21(11-56)78-48(34(69)28(41)63)84-39-19(9-54)76-46(82-38)32(67)26(39)61/h1-7,18-72H,8-14H2/t18-,19-,20-,21-,22-,23-,24-,25-,26-,27-,28-,29+,30-,31-,32-,33-,34-,35+,36-,37-,38-,39-,40-,41-,42-,43-,44-,45+,46-,47-,48-,49-,50-,51-,52-/m1/s1. The fraction of sp³-hybridized carbons (Fsp3) is 0.808. The van der Waals surface area contributed by atoms with E-state index >= 15 is 0 Å². The van der Waals surface area contributed by atoms with Crippen LogP contribution in [-0.4, -0.2) is 372 Å². The lowest BCUT2D eigenvalue weighted by atomic mass is 9.95. The molecule has 2 aromatic rings. The lowest BCUT2D eigenvalue weighted by molar-refractivity contribution is -0.396. The first-order valence-electron chi connectivity index (χ1n) is 28.6. The zero-order valence-electron chi connectivity index (χ0n) is 47.0. The Kier molecular flexibility index (Phi) is 22.8. The highest BCUT2D eigenvalue weighted by molar-refractivity contribution is 7.86. The third-order valence-corrected chi connectivity index (χ3v) is 18.3. The van der Waals surface area contributed by atoms with Gasteiger partial charge in [-0.25, -0.2) is 0 Å². The average Bonchev–Trinajstić information content (AvgIpc) is 0.819. The van der Waals surface area contributed by atoms with Crippen molar-refractivity contribution in [3.05, 3.63) is 42.5 Å². The molecule has 90 heavy (non-hydrogen) atoms. The molecule has 0 spiro atoms. The van der Waals surface area contributed by atoms with Gasteiger partial charge >= 0.3 is 0 Å². The molecule has 15 heterocycles. The highest BCUT2D eigenvalue weighted by Gasteiger charge is 2.60. The summed E-state index contributed by atoms with van der Waals surface area (Å²) < 4.78 is 115. The second-order valence-corrected chi connectivity index (χ2v) is 24.3. The van der Waals surface area contributed by atoms with Crippen LogP contribution in [0.1, 0.15) is 0 Å². The van der Waals surface area contributed by atoms with E-state index in [2.05, 4.69) is 0 Å². The highest BCUT2D eigenvalue weighted by atomic mass is 32.2. The van der Waals surface area contributed by atoms with Gasteiger partial charge in [0, 0.05) is 0 Å². The summed E-state index contributed by atoms with van der Waals surface area (Å²) in [6, 6.07) is 10.3. The number of fused-ring (bicyclic) bond motifs is 8. The van der Waals surface area contributed by atoms with Crippen molar-refractivity contribution in [2.75, 3.05) is 46.2 Å². The summed E-state index contributed by atoms with van der Waals surface area (Å²) >= 11 is 0. The van der Waals surface area contributed by atoms with Crippen molar-refractivity contribution in [2.45, 2.75) is 220 Å². The van der Waals surface area contributed by atoms with Gasteiger partial charge in [0.05, 0.1) is 51.1 Å². The van der Waals surface area contributed by atoms with E-state index in [4.69, 9.17) is 70.5 Å². The summed E-state index contributed by atoms with van der Waals surface area (Å²) in [6.07, 6.45) is -73.6. The van der Waals surface area contributed by atoms with Crippen LogP contribution in [0, 0.1) is 0 Å². The molecule has 17 rings (SSSR count).